The molecular weight excluding hydrogens is 318 g/mol. The highest BCUT2D eigenvalue weighted by Crippen LogP contribution is 2.25. The number of anilines is 1. The van der Waals surface area contributed by atoms with Crippen molar-refractivity contribution in [3.63, 3.8) is 0 Å². The molecule has 0 atom stereocenters. The normalized spacial score (nSPS) is 11.3. The van der Waals surface area contributed by atoms with E-state index in [1.165, 1.54) is 23.9 Å². The molecule has 2 rings (SSSR count). The molecule has 8 heteroatoms. The molecule has 0 fully saturated rings. The summed E-state index contributed by atoms with van der Waals surface area (Å²) >= 11 is 1.29. The second-order valence-electron chi connectivity index (χ2n) is 5.91. The monoisotopic (exact) mass is 335 g/mol. The van der Waals surface area contributed by atoms with Crippen LogP contribution in [0.3, 0.4) is 0 Å². The molecule has 0 bridgehead atoms. The van der Waals surface area contributed by atoms with Crippen molar-refractivity contribution >= 4 is 29.2 Å². The van der Waals surface area contributed by atoms with Crippen LogP contribution in [-0.2, 0) is 10.2 Å². The lowest BCUT2D eigenvalue weighted by Crippen LogP contribution is -2.14. The van der Waals surface area contributed by atoms with Gasteiger partial charge in [0.25, 0.3) is 5.69 Å². The van der Waals surface area contributed by atoms with E-state index in [0.717, 1.165) is 4.90 Å². The lowest BCUT2D eigenvalue weighted by molar-refractivity contribution is -0.384. The summed E-state index contributed by atoms with van der Waals surface area (Å²) in [6.45, 7) is 5.97. The van der Waals surface area contributed by atoms with E-state index in [9.17, 15) is 14.9 Å². The molecule has 0 unspecified atom stereocenters. The highest BCUT2D eigenvalue weighted by molar-refractivity contribution is 8.00. The van der Waals surface area contributed by atoms with Crippen LogP contribution in [0.4, 0.5) is 11.5 Å². The molecule has 23 heavy (non-hydrogen) atoms. The molecule has 0 aliphatic rings. The van der Waals surface area contributed by atoms with Gasteiger partial charge in [-0.3, -0.25) is 14.9 Å². The van der Waals surface area contributed by atoms with Gasteiger partial charge in [-0.2, -0.15) is 0 Å². The minimum Gasteiger partial charge on any atom is -0.359 e. The first-order valence-corrected chi connectivity index (χ1v) is 7.88. The second-order valence-corrected chi connectivity index (χ2v) is 6.96. The van der Waals surface area contributed by atoms with Gasteiger partial charge < -0.3 is 9.84 Å². The zero-order valence-corrected chi connectivity index (χ0v) is 13.8. The van der Waals surface area contributed by atoms with Crippen molar-refractivity contribution in [3.8, 4) is 0 Å². The van der Waals surface area contributed by atoms with Crippen LogP contribution in [-0.4, -0.2) is 21.7 Å². The number of aromatic nitrogens is 1. The van der Waals surface area contributed by atoms with E-state index in [-0.39, 0.29) is 22.8 Å². The molecule has 0 radical (unpaired) electrons. The summed E-state index contributed by atoms with van der Waals surface area (Å²) in [5.74, 6) is 1.03. The number of nitrogens with zero attached hydrogens (tertiary/aromatic N) is 2. The molecule has 7 nitrogen and oxygen atoms in total. The average Bonchev–Trinajstić information content (AvgIpc) is 2.94. The van der Waals surface area contributed by atoms with Gasteiger partial charge in [-0.25, -0.2) is 0 Å². The maximum atomic E-state index is 11.9. The fraction of sp³-hybridized carbons (Fsp3) is 0.333. The molecule has 1 N–H and O–H groups in total. The molecular formula is C15H17N3O4S. The van der Waals surface area contributed by atoms with Gasteiger partial charge in [0.05, 0.1) is 10.7 Å². The van der Waals surface area contributed by atoms with Gasteiger partial charge in [0.2, 0.25) is 5.91 Å². The fourth-order valence-corrected chi connectivity index (χ4v) is 2.38. The molecule has 1 aromatic carbocycles. The first-order valence-electron chi connectivity index (χ1n) is 6.90. The predicted octanol–water partition coefficient (Wildman–Crippen LogP) is 3.61. The highest BCUT2D eigenvalue weighted by Gasteiger charge is 2.20. The number of hydrogen-bond donors (Lipinski definition) is 1. The van der Waals surface area contributed by atoms with Gasteiger partial charge >= 0.3 is 0 Å². The Balaban J connectivity index is 1.87. The zero-order chi connectivity index (χ0) is 17.0. The van der Waals surface area contributed by atoms with Crippen LogP contribution in [0.1, 0.15) is 26.5 Å². The molecule has 2 aromatic rings. The summed E-state index contributed by atoms with van der Waals surface area (Å²) < 4.78 is 5.19. The summed E-state index contributed by atoms with van der Waals surface area (Å²) in [7, 11) is 0. The van der Waals surface area contributed by atoms with Crippen molar-refractivity contribution in [1.82, 2.24) is 5.16 Å². The molecule has 0 saturated carbocycles. The smallest absolute Gasteiger partial charge is 0.269 e. The third-order valence-electron chi connectivity index (χ3n) is 2.93. The van der Waals surface area contributed by atoms with Crippen LogP contribution in [0.25, 0.3) is 0 Å². The third kappa shape index (κ3) is 4.82. The Labute approximate surface area is 137 Å². The number of nitrogens with one attached hydrogen (secondary N) is 1. The minimum absolute atomic E-state index is 0.0242. The van der Waals surface area contributed by atoms with Crippen molar-refractivity contribution in [1.29, 1.82) is 0 Å². The zero-order valence-electron chi connectivity index (χ0n) is 13.0. The van der Waals surface area contributed by atoms with E-state index in [1.54, 1.807) is 18.2 Å². The number of benzene rings is 1. The molecule has 0 spiro atoms. The number of hydrogen-bond acceptors (Lipinski definition) is 6. The van der Waals surface area contributed by atoms with Crippen LogP contribution >= 0.6 is 11.8 Å². The standard InChI is InChI=1S/C15H17N3O4S/c1-15(2,3)12-8-13(17-22-12)16-14(19)9-23-11-6-4-10(5-7-11)18(20)21/h4-8H,9H2,1-3H3,(H,16,17,19). The van der Waals surface area contributed by atoms with Gasteiger partial charge in [-0.1, -0.05) is 25.9 Å². The molecule has 0 aliphatic heterocycles. The maximum Gasteiger partial charge on any atom is 0.269 e. The average molecular weight is 335 g/mol. The van der Waals surface area contributed by atoms with E-state index < -0.39 is 4.92 Å². The van der Waals surface area contributed by atoms with Gasteiger partial charge in [0, 0.05) is 28.5 Å². The summed E-state index contributed by atoms with van der Waals surface area (Å²) in [4.78, 5) is 22.8. The molecule has 1 heterocycles. The van der Waals surface area contributed by atoms with E-state index >= 15 is 0 Å². The number of thioether (sulfide) groups is 1. The Kier molecular flexibility index (Phi) is 5.05. The van der Waals surface area contributed by atoms with Crippen LogP contribution < -0.4 is 5.32 Å². The van der Waals surface area contributed by atoms with E-state index in [4.69, 9.17) is 4.52 Å². The van der Waals surface area contributed by atoms with Gasteiger partial charge in [-0.15, -0.1) is 11.8 Å². The first kappa shape index (κ1) is 17.0. The van der Waals surface area contributed by atoms with Crippen molar-refractivity contribution in [3.05, 3.63) is 46.2 Å². The quantitative estimate of drug-likeness (QED) is 0.509. The number of nitro groups is 1. The van der Waals surface area contributed by atoms with Crippen LogP contribution in [0, 0.1) is 10.1 Å². The predicted molar refractivity (Wildman–Crippen MR) is 87.7 cm³/mol. The van der Waals surface area contributed by atoms with Crippen molar-refractivity contribution < 1.29 is 14.2 Å². The summed E-state index contributed by atoms with van der Waals surface area (Å²) in [5, 5.41) is 17.1. The number of rotatable bonds is 5. The molecule has 1 amide bonds. The second kappa shape index (κ2) is 6.82. The van der Waals surface area contributed by atoms with E-state index in [2.05, 4.69) is 10.5 Å². The molecule has 0 saturated heterocycles. The third-order valence-corrected chi connectivity index (χ3v) is 3.95. The number of carbonyl (C=O) groups excluding carboxylic acids is 1. The lowest BCUT2D eigenvalue weighted by atomic mass is 9.93. The Morgan fingerprint density at radius 1 is 1.35 bits per heavy atom. The van der Waals surface area contributed by atoms with Gasteiger partial charge in [0.1, 0.15) is 5.76 Å². The van der Waals surface area contributed by atoms with Gasteiger partial charge in [-0.05, 0) is 12.1 Å². The largest absolute Gasteiger partial charge is 0.359 e. The fourth-order valence-electron chi connectivity index (χ4n) is 1.68. The minimum atomic E-state index is -0.460. The van der Waals surface area contributed by atoms with E-state index in [1.807, 2.05) is 20.8 Å². The maximum absolute atomic E-state index is 11.9. The van der Waals surface area contributed by atoms with Crippen LogP contribution in [0.5, 0.6) is 0 Å². The van der Waals surface area contributed by atoms with Crippen molar-refractivity contribution in [2.75, 3.05) is 11.1 Å². The highest BCUT2D eigenvalue weighted by atomic mass is 32.2. The number of amides is 1. The Morgan fingerprint density at radius 2 is 2.00 bits per heavy atom. The van der Waals surface area contributed by atoms with Gasteiger partial charge in [0.15, 0.2) is 5.82 Å². The topological polar surface area (TPSA) is 98.3 Å². The molecule has 1 aromatic heterocycles. The van der Waals surface area contributed by atoms with Crippen LogP contribution in [0.15, 0.2) is 39.8 Å². The number of carbonyl (C=O) groups is 1. The summed E-state index contributed by atoms with van der Waals surface area (Å²) in [5.41, 5.74) is -0.153. The van der Waals surface area contributed by atoms with Crippen LogP contribution in [0.2, 0.25) is 0 Å². The lowest BCUT2D eigenvalue weighted by Gasteiger charge is -2.12. The Bertz CT molecular complexity index is 704. The Hall–Kier alpha value is -2.35. The number of non-ortho nitro benzene ring substituents is 1. The first-order chi connectivity index (χ1) is 10.8. The molecule has 0 aliphatic carbocycles. The van der Waals surface area contributed by atoms with E-state index in [0.29, 0.717) is 11.6 Å². The summed E-state index contributed by atoms with van der Waals surface area (Å²) in [6.07, 6.45) is 0. The molecule has 122 valence electrons. The van der Waals surface area contributed by atoms with Crippen molar-refractivity contribution in [2.45, 2.75) is 31.1 Å². The summed E-state index contributed by atoms with van der Waals surface area (Å²) in [6, 6.07) is 7.75. The van der Waals surface area contributed by atoms with Crippen molar-refractivity contribution in [2.24, 2.45) is 0 Å². The number of nitro benzene ring substituents is 1. The SMILES string of the molecule is CC(C)(C)c1cc(NC(=O)CSc2ccc([N+](=O)[O-])cc2)no1. The Morgan fingerprint density at radius 3 is 2.52 bits per heavy atom.